The number of hydrogen-bond donors (Lipinski definition) is 6. The molecule has 34 heavy (non-hydrogen) atoms. The Morgan fingerprint density at radius 3 is 2.21 bits per heavy atom. The summed E-state index contributed by atoms with van der Waals surface area (Å²) in [5.41, 5.74) is 6.59. The van der Waals surface area contributed by atoms with Crippen LogP contribution in [0, 0.1) is 11.8 Å². The number of carboxylic acids is 1. The van der Waals surface area contributed by atoms with Gasteiger partial charge in [0.2, 0.25) is 17.7 Å². The lowest BCUT2D eigenvalue weighted by Crippen LogP contribution is -2.59. The largest absolute Gasteiger partial charge is 0.480 e. The molecule has 0 saturated heterocycles. The smallest absolute Gasteiger partial charge is 0.326 e. The van der Waals surface area contributed by atoms with E-state index in [4.69, 9.17) is 5.73 Å². The number of aliphatic carboxylic acids is 1. The molecular weight excluding hydrogens is 460 g/mol. The Kier molecular flexibility index (Phi) is 12.7. The molecule has 0 radical (unpaired) electrons. The standard InChI is InChI=1S/C22H38N6O5S/c1-12(2)8-15(23)19(29)27-17(9-14-10-24-11-25-14)20(30)28-18(13(3)4)21(31)26-16(22(32)33)6-7-34-5/h10-13,15-18H,6-9,23H2,1-5H3,(H,24,25)(H,26,31)(H,27,29)(H,28,30)(H,32,33). The first-order valence-corrected chi connectivity index (χ1v) is 12.7. The molecule has 7 N–H and O–H groups in total. The maximum atomic E-state index is 13.2. The number of imidazole rings is 1. The maximum absolute atomic E-state index is 13.2. The second-order valence-electron chi connectivity index (χ2n) is 8.99. The van der Waals surface area contributed by atoms with Gasteiger partial charge in [-0.15, -0.1) is 0 Å². The maximum Gasteiger partial charge on any atom is 0.326 e. The van der Waals surface area contributed by atoms with Crippen LogP contribution in [0.1, 0.15) is 46.2 Å². The summed E-state index contributed by atoms with van der Waals surface area (Å²) >= 11 is 1.47. The Labute approximate surface area is 204 Å². The summed E-state index contributed by atoms with van der Waals surface area (Å²) in [5.74, 6) is -2.36. The fraction of sp³-hybridized carbons (Fsp3) is 0.682. The van der Waals surface area contributed by atoms with Crippen LogP contribution in [0.3, 0.4) is 0 Å². The minimum atomic E-state index is -1.14. The summed E-state index contributed by atoms with van der Waals surface area (Å²) in [6, 6.07) is -3.84. The zero-order chi connectivity index (χ0) is 25.8. The van der Waals surface area contributed by atoms with Crippen molar-refractivity contribution in [2.24, 2.45) is 17.6 Å². The van der Waals surface area contributed by atoms with Crippen LogP contribution in [0.15, 0.2) is 12.5 Å². The average molecular weight is 499 g/mol. The molecular formula is C22H38N6O5S. The Hall–Kier alpha value is -2.60. The minimum absolute atomic E-state index is 0.115. The number of thioether (sulfide) groups is 1. The van der Waals surface area contributed by atoms with Gasteiger partial charge in [0.1, 0.15) is 18.1 Å². The number of carbonyl (C=O) groups excluding carboxylic acids is 3. The van der Waals surface area contributed by atoms with Crippen LogP contribution in [-0.2, 0) is 25.6 Å². The number of rotatable bonds is 15. The molecule has 192 valence electrons. The lowest BCUT2D eigenvalue weighted by Gasteiger charge is -2.27. The topological polar surface area (TPSA) is 179 Å². The quantitative estimate of drug-likeness (QED) is 0.199. The normalized spacial score (nSPS) is 14.8. The number of hydrogen-bond acceptors (Lipinski definition) is 7. The van der Waals surface area contributed by atoms with E-state index in [0.29, 0.717) is 17.9 Å². The summed E-state index contributed by atoms with van der Waals surface area (Å²) in [6.07, 6.45) is 5.67. The van der Waals surface area contributed by atoms with E-state index < -0.39 is 47.9 Å². The van der Waals surface area contributed by atoms with Gasteiger partial charge in [-0.2, -0.15) is 11.8 Å². The highest BCUT2D eigenvalue weighted by atomic mass is 32.2. The predicted molar refractivity (Wildman–Crippen MR) is 131 cm³/mol. The third-order valence-electron chi connectivity index (χ3n) is 5.15. The number of amides is 3. The third kappa shape index (κ3) is 10.1. The van der Waals surface area contributed by atoms with Crippen molar-refractivity contribution in [2.45, 2.75) is 71.1 Å². The van der Waals surface area contributed by atoms with E-state index in [1.807, 2.05) is 20.1 Å². The number of carbonyl (C=O) groups is 4. The number of nitrogens with zero attached hydrogens (tertiary/aromatic N) is 1. The van der Waals surface area contributed by atoms with Crippen molar-refractivity contribution in [2.75, 3.05) is 12.0 Å². The van der Waals surface area contributed by atoms with Crippen molar-refractivity contribution in [1.29, 1.82) is 0 Å². The van der Waals surface area contributed by atoms with Crippen LogP contribution < -0.4 is 21.7 Å². The van der Waals surface area contributed by atoms with Gasteiger partial charge in [-0.1, -0.05) is 27.7 Å². The van der Waals surface area contributed by atoms with Gasteiger partial charge >= 0.3 is 5.97 Å². The molecule has 3 amide bonds. The van der Waals surface area contributed by atoms with Crippen molar-refractivity contribution in [1.82, 2.24) is 25.9 Å². The number of nitrogens with one attached hydrogen (secondary N) is 4. The van der Waals surface area contributed by atoms with Crippen molar-refractivity contribution in [3.05, 3.63) is 18.2 Å². The molecule has 4 unspecified atom stereocenters. The zero-order valence-corrected chi connectivity index (χ0v) is 21.3. The van der Waals surface area contributed by atoms with Gasteiger partial charge in [-0.05, 0) is 36.7 Å². The summed E-state index contributed by atoms with van der Waals surface area (Å²) in [7, 11) is 0. The van der Waals surface area contributed by atoms with Gasteiger partial charge in [-0.25, -0.2) is 9.78 Å². The molecule has 0 fully saturated rings. The second-order valence-corrected chi connectivity index (χ2v) is 9.97. The first-order chi connectivity index (χ1) is 16.0. The van der Waals surface area contributed by atoms with Crippen LogP contribution in [0.5, 0.6) is 0 Å². The van der Waals surface area contributed by atoms with Crippen LogP contribution in [-0.4, -0.2) is 74.9 Å². The molecule has 11 nitrogen and oxygen atoms in total. The fourth-order valence-corrected chi connectivity index (χ4v) is 3.73. The Morgan fingerprint density at radius 2 is 1.71 bits per heavy atom. The molecule has 1 aromatic heterocycles. The SMILES string of the molecule is CSCCC(NC(=O)C(NC(=O)C(Cc1cnc[nH]1)NC(=O)C(N)CC(C)C)C(C)C)C(=O)O. The Bertz CT molecular complexity index is 802. The van der Waals surface area contributed by atoms with Gasteiger partial charge in [-0.3, -0.25) is 14.4 Å². The lowest BCUT2D eigenvalue weighted by atomic mass is 10.0. The van der Waals surface area contributed by atoms with E-state index in [1.165, 1.54) is 24.3 Å². The van der Waals surface area contributed by atoms with E-state index in [-0.39, 0.29) is 24.7 Å². The van der Waals surface area contributed by atoms with E-state index in [0.717, 1.165) is 0 Å². The molecule has 0 aliphatic rings. The molecule has 0 spiro atoms. The average Bonchev–Trinajstić information content (AvgIpc) is 3.26. The predicted octanol–water partition coefficient (Wildman–Crippen LogP) is 0.274. The van der Waals surface area contributed by atoms with Crippen LogP contribution >= 0.6 is 11.8 Å². The highest BCUT2D eigenvalue weighted by molar-refractivity contribution is 7.98. The number of aromatic nitrogens is 2. The molecule has 0 aromatic carbocycles. The lowest BCUT2D eigenvalue weighted by molar-refractivity contribution is -0.142. The molecule has 12 heteroatoms. The highest BCUT2D eigenvalue weighted by Gasteiger charge is 2.32. The van der Waals surface area contributed by atoms with Crippen molar-refractivity contribution in [3.8, 4) is 0 Å². The van der Waals surface area contributed by atoms with Crippen molar-refractivity contribution in [3.63, 3.8) is 0 Å². The second kappa shape index (κ2) is 14.6. The fourth-order valence-electron chi connectivity index (χ4n) is 3.26. The zero-order valence-electron chi connectivity index (χ0n) is 20.5. The molecule has 1 heterocycles. The summed E-state index contributed by atoms with van der Waals surface area (Å²) < 4.78 is 0. The number of H-pyrrole nitrogens is 1. The van der Waals surface area contributed by atoms with Crippen LogP contribution in [0.25, 0.3) is 0 Å². The van der Waals surface area contributed by atoms with Gasteiger partial charge in [0, 0.05) is 18.3 Å². The van der Waals surface area contributed by atoms with Crippen LogP contribution in [0.2, 0.25) is 0 Å². The molecule has 1 aromatic rings. The monoisotopic (exact) mass is 498 g/mol. The molecule has 1 rings (SSSR count). The van der Waals surface area contributed by atoms with Crippen molar-refractivity contribution >= 4 is 35.5 Å². The first-order valence-electron chi connectivity index (χ1n) is 11.3. The molecule has 0 aliphatic heterocycles. The van der Waals surface area contributed by atoms with E-state index in [9.17, 15) is 24.3 Å². The van der Waals surface area contributed by atoms with E-state index >= 15 is 0 Å². The highest BCUT2D eigenvalue weighted by Crippen LogP contribution is 2.08. The van der Waals surface area contributed by atoms with Gasteiger partial charge < -0.3 is 31.8 Å². The van der Waals surface area contributed by atoms with Crippen LogP contribution in [0.4, 0.5) is 0 Å². The first kappa shape index (κ1) is 29.4. The van der Waals surface area contributed by atoms with E-state index in [2.05, 4.69) is 25.9 Å². The van der Waals surface area contributed by atoms with Gasteiger partial charge in [0.05, 0.1) is 12.4 Å². The van der Waals surface area contributed by atoms with Gasteiger partial charge in [0.25, 0.3) is 0 Å². The summed E-state index contributed by atoms with van der Waals surface area (Å²) in [5, 5.41) is 17.3. The molecule has 4 atom stereocenters. The molecule has 0 aliphatic carbocycles. The Morgan fingerprint density at radius 1 is 1.06 bits per heavy atom. The summed E-state index contributed by atoms with van der Waals surface area (Å²) in [4.78, 5) is 57.0. The molecule has 0 saturated carbocycles. The number of aromatic amines is 1. The Balaban J connectivity index is 2.98. The number of carboxylic acid groups (broad SMARTS) is 1. The minimum Gasteiger partial charge on any atom is -0.480 e. The van der Waals surface area contributed by atoms with Gasteiger partial charge in [0.15, 0.2) is 0 Å². The molecule has 0 bridgehead atoms. The number of nitrogens with two attached hydrogens (primary N) is 1. The van der Waals surface area contributed by atoms with Crippen molar-refractivity contribution < 1.29 is 24.3 Å². The third-order valence-corrected chi connectivity index (χ3v) is 5.79. The van der Waals surface area contributed by atoms with E-state index in [1.54, 1.807) is 13.8 Å². The summed E-state index contributed by atoms with van der Waals surface area (Å²) in [6.45, 7) is 7.36.